The van der Waals surface area contributed by atoms with Gasteiger partial charge in [-0.3, -0.25) is 0 Å². The molecule has 0 saturated carbocycles. The van der Waals surface area contributed by atoms with E-state index in [0.717, 1.165) is 13.1 Å². The Labute approximate surface area is 109 Å². The zero-order valence-electron chi connectivity index (χ0n) is 11.2. The van der Waals surface area contributed by atoms with E-state index in [9.17, 15) is 0 Å². The minimum Gasteiger partial charge on any atom is -0.314 e. The fourth-order valence-corrected chi connectivity index (χ4v) is 3.51. The molecular formula is C14H24N2S. The highest BCUT2D eigenvalue weighted by Gasteiger charge is 2.26. The van der Waals surface area contributed by atoms with E-state index in [2.05, 4.69) is 42.9 Å². The Morgan fingerprint density at radius 1 is 1.53 bits per heavy atom. The maximum Gasteiger partial charge on any atom is 0.0139 e. The van der Waals surface area contributed by atoms with Crippen molar-refractivity contribution in [3.63, 3.8) is 0 Å². The van der Waals surface area contributed by atoms with Crippen LogP contribution in [-0.2, 0) is 6.42 Å². The van der Waals surface area contributed by atoms with Crippen molar-refractivity contribution in [2.75, 3.05) is 13.1 Å². The summed E-state index contributed by atoms with van der Waals surface area (Å²) in [5.41, 5.74) is 1.75. The average molecular weight is 252 g/mol. The van der Waals surface area contributed by atoms with Crippen molar-refractivity contribution in [1.29, 1.82) is 0 Å². The molecule has 1 fully saturated rings. The third-order valence-corrected chi connectivity index (χ3v) is 4.69. The fourth-order valence-electron chi connectivity index (χ4n) is 2.60. The molecule has 0 amide bonds. The predicted molar refractivity (Wildman–Crippen MR) is 75.9 cm³/mol. The lowest BCUT2D eigenvalue weighted by molar-refractivity contribution is 0.249. The topological polar surface area (TPSA) is 24.1 Å². The van der Waals surface area contributed by atoms with Crippen LogP contribution in [0.2, 0.25) is 0 Å². The smallest absolute Gasteiger partial charge is 0.0139 e. The van der Waals surface area contributed by atoms with Crippen molar-refractivity contribution < 1.29 is 0 Å². The molecule has 0 aliphatic carbocycles. The molecular weight excluding hydrogens is 228 g/mol. The van der Waals surface area contributed by atoms with Gasteiger partial charge in [0.1, 0.15) is 0 Å². The van der Waals surface area contributed by atoms with Crippen LogP contribution < -0.4 is 10.6 Å². The molecule has 1 atom stereocenters. The molecule has 0 aromatic carbocycles. The Bertz CT molecular complexity index is 357. The Morgan fingerprint density at radius 2 is 2.35 bits per heavy atom. The summed E-state index contributed by atoms with van der Waals surface area (Å²) < 4.78 is 0. The van der Waals surface area contributed by atoms with Crippen molar-refractivity contribution in [3.05, 3.63) is 21.9 Å². The summed E-state index contributed by atoms with van der Waals surface area (Å²) in [6.07, 6.45) is 3.66. The van der Waals surface area contributed by atoms with Gasteiger partial charge in [-0.25, -0.2) is 0 Å². The minimum absolute atomic E-state index is 0.300. The first-order valence-corrected chi connectivity index (χ1v) is 7.46. The van der Waals surface area contributed by atoms with Gasteiger partial charge in [0.05, 0.1) is 0 Å². The van der Waals surface area contributed by atoms with E-state index in [0.29, 0.717) is 11.6 Å². The van der Waals surface area contributed by atoms with Crippen molar-refractivity contribution in [1.82, 2.24) is 10.6 Å². The van der Waals surface area contributed by atoms with Crippen molar-refractivity contribution in [3.8, 4) is 0 Å². The summed E-state index contributed by atoms with van der Waals surface area (Å²) in [6.45, 7) is 9.05. The molecule has 2 rings (SSSR count). The summed E-state index contributed by atoms with van der Waals surface area (Å²) in [6, 6.07) is 2.90. The second kappa shape index (κ2) is 5.51. The first-order valence-electron chi connectivity index (χ1n) is 6.58. The van der Waals surface area contributed by atoms with Crippen molar-refractivity contribution in [2.24, 2.45) is 0 Å². The number of nitrogens with one attached hydrogen (secondary N) is 2. The lowest BCUT2D eigenvalue weighted by atomic mass is 9.89. The SMILES string of the molecule is Cc1ccsc1CCNC1CCNC(C)(C)C1. The Hall–Kier alpha value is -0.380. The van der Waals surface area contributed by atoms with Crippen LogP contribution >= 0.6 is 11.3 Å². The molecule has 0 bridgehead atoms. The lowest BCUT2D eigenvalue weighted by Gasteiger charge is -2.37. The second-order valence-electron chi connectivity index (χ2n) is 5.73. The first kappa shape index (κ1) is 13.1. The minimum atomic E-state index is 0.300. The van der Waals surface area contributed by atoms with Crippen LogP contribution in [0.1, 0.15) is 37.1 Å². The standard InChI is InChI=1S/C14H24N2S/c1-11-6-9-17-13(11)5-7-15-12-4-8-16-14(2,3)10-12/h6,9,12,15-16H,4-5,7-8,10H2,1-3H3. The normalized spacial score (nSPS) is 23.8. The molecule has 1 aliphatic rings. The van der Waals surface area contributed by atoms with Gasteiger partial charge in [-0.15, -0.1) is 11.3 Å². The molecule has 17 heavy (non-hydrogen) atoms. The molecule has 2 heterocycles. The van der Waals surface area contributed by atoms with E-state index in [1.165, 1.54) is 29.7 Å². The lowest BCUT2D eigenvalue weighted by Crippen LogP contribution is -2.52. The zero-order chi connectivity index (χ0) is 12.3. The van der Waals surface area contributed by atoms with Gasteiger partial charge in [-0.2, -0.15) is 0 Å². The van der Waals surface area contributed by atoms with E-state index in [1.807, 2.05) is 11.3 Å². The summed E-state index contributed by atoms with van der Waals surface area (Å²) >= 11 is 1.88. The molecule has 1 saturated heterocycles. The summed E-state index contributed by atoms with van der Waals surface area (Å²) in [7, 11) is 0. The quantitative estimate of drug-likeness (QED) is 0.861. The van der Waals surface area contributed by atoms with Crippen LogP contribution in [0.4, 0.5) is 0 Å². The van der Waals surface area contributed by atoms with E-state index in [-0.39, 0.29) is 0 Å². The second-order valence-corrected chi connectivity index (χ2v) is 6.73. The van der Waals surface area contributed by atoms with Crippen LogP contribution in [0.5, 0.6) is 0 Å². The maximum absolute atomic E-state index is 3.71. The van der Waals surface area contributed by atoms with Gasteiger partial charge in [-0.05, 0) is 63.6 Å². The van der Waals surface area contributed by atoms with Gasteiger partial charge in [0.15, 0.2) is 0 Å². The van der Waals surface area contributed by atoms with Gasteiger partial charge in [0.25, 0.3) is 0 Å². The highest BCUT2D eigenvalue weighted by Crippen LogP contribution is 2.19. The van der Waals surface area contributed by atoms with Crippen LogP contribution in [0.15, 0.2) is 11.4 Å². The van der Waals surface area contributed by atoms with E-state index >= 15 is 0 Å². The largest absolute Gasteiger partial charge is 0.314 e. The molecule has 1 aromatic heterocycles. The highest BCUT2D eigenvalue weighted by atomic mass is 32.1. The third kappa shape index (κ3) is 3.80. The molecule has 1 aliphatic heterocycles. The van der Waals surface area contributed by atoms with Gasteiger partial charge < -0.3 is 10.6 Å². The third-order valence-electron chi connectivity index (χ3n) is 3.61. The molecule has 0 spiro atoms. The van der Waals surface area contributed by atoms with Gasteiger partial charge in [0, 0.05) is 23.0 Å². The predicted octanol–water partition coefficient (Wildman–Crippen LogP) is 2.72. The van der Waals surface area contributed by atoms with Crippen molar-refractivity contribution >= 4 is 11.3 Å². The molecule has 3 heteroatoms. The monoisotopic (exact) mass is 252 g/mol. The Balaban J connectivity index is 1.74. The zero-order valence-corrected chi connectivity index (χ0v) is 12.0. The Kier molecular flexibility index (Phi) is 4.23. The highest BCUT2D eigenvalue weighted by molar-refractivity contribution is 7.10. The molecule has 0 radical (unpaired) electrons. The molecule has 2 nitrogen and oxygen atoms in total. The number of hydrogen-bond donors (Lipinski definition) is 2. The number of rotatable bonds is 4. The number of piperidine rings is 1. The van der Waals surface area contributed by atoms with Crippen LogP contribution in [0, 0.1) is 6.92 Å². The summed E-state index contributed by atoms with van der Waals surface area (Å²) in [4.78, 5) is 1.53. The van der Waals surface area contributed by atoms with E-state index in [1.54, 1.807) is 0 Å². The molecule has 96 valence electrons. The van der Waals surface area contributed by atoms with E-state index < -0.39 is 0 Å². The Morgan fingerprint density at radius 3 is 3.00 bits per heavy atom. The van der Waals surface area contributed by atoms with Gasteiger partial charge in [0.2, 0.25) is 0 Å². The first-order chi connectivity index (χ1) is 8.07. The van der Waals surface area contributed by atoms with Gasteiger partial charge in [-0.1, -0.05) is 0 Å². The van der Waals surface area contributed by atoms with Crippen LogP contribution in [-0.4, -0.2) is 24.7 Å². The summed E-state index contributed by atoms with van der Waals surface area (Å²) in [5, 5.41) is 9.47. The molecule has 1 unspecified atom stereocenters. The fraction of sp³-hybridized carbons (Fsp3) is 0.714. The number of hydrogen-bond acceptors (Lipinski definition) is 3. The number of thiophene rings is 1. The van der Waals surface area contributed by atoms with Crippen LogP contribution in [0.3, 0.4) is 0 Å². The number of aryl methyl sites for hydroxylation is 1. The summed E-state index contributed by atoms with van der Waals surface area (Å²) in [5.74, 6) is 0. The average Bonchev–Trinajstić information content (AvgIpc) is 2.63. The van der Waals surface area contributed by atoms with Crippen LogP contribution in [0.25, 0.3) is 0 Å². The van der Waals surface area contributed by atoms with E-state index in [4.69, 9.17) is 0 Å². The maximum atomic E-state index is 3.71. The molecule has 2 N–H and O–H groups in total. The molecule has 1 aromatic rings. The van der Waals surface area contributed by atoms with Gasteiger partial charge >= 0.3 is 0 Å². The van der Waals surface area contributed by atoms with Crippen molar-refractivity contribution in [2.45, 2.75) is 51.6 Å².